The standard InChI is InChI=1S/C12H18N2O4S/c1-8(16)11-6-10(14(17)18)12(19-11)13-4-2-9(7-13)3-5-15/h6,8-9,15-16H,2-5,7H2,1H3. The van der Waals surface area contributed by atoms with Crippen molar-refractivity contribution in [2.45, 2.75) is 25.9 Å². The summed E-state index contributed by atoms with van der Waals surface area (Å²) >= 11 is 1.29. The summed E-state index contributed by atoms with van der Waals surface area (Å²) in [6.07, 6.45) is 0.992. The van der Waals surface area contributed by atoms with Crippen LogP contribution in [0.1, 0.15) is 30.7 Å². The maximum Gasteiger partial charge on any atom is 0.304 e. The van der Waals surface area contributed by atoms with Gasteiger partial charge >= 0.3 is 5.69 Å². The van der Waals surface area contributed by atoms with E-state index in [9.17, 15) is 15.2 Å². The smallest absolute Gasteiger partial charge is 0.304 e. The molecule has 2 atom stereocenters. The van der Waals surface area contributed by atoms with Gasteiger partial charge in [-0.1, -0.05) is 0 Å². The Kier molecular flexibility index (Phi) is 4.38. The van der Waals surface area contributed by atoms with Crippen LogP contribution < -0.4 is 4.90 Å². The summed E-state index contributed by atoms with van der Waals surface area (Å²) in [5, 5.41) is 30.2. The van der Waals surface area contributed by atoms with Crippen LogP contribution in [0, 0.1) is 16.0 Å². The topological polar surface area (TPSA) is 86.8 Å². The van der Waals surface area contributed by atoms with E-state index in [0.717, 1.165) is 25.9 Å². The first-order valence-electron chi connectivity index (χ1n) is 6.35. The van der Waals surface area contributed by atoms with E-state index in [0.29, 0.717) is 15.8 Å². The fourth-order valence-electron chi connectivity index (χ4n) is 2.39. The van der Waals surface area contributed by atoms with E-state index in [1.165, 1.54) is 17.4 Å². The second-order valence-corrected chi connectivity index (χ2v) is 5.95. The first-order valence-corrected chi connectivity index (χ1v) is 7.16. The highest BCUT2D eigenvalue weighted by atomic mass is 32.1. The van der Waals surface area contributed by atoms with Gasteiger partial charge in [0.15, 0.2) is 5.00 Å². The Bertz CT molecular complexity index is 461. The van der Waals surface area contributed by atoms with E-state index < -0.39 is 11.0 Å². The summed E-state index contributed by atoms with van der Waals surface area (Å²) in [6, 6.07) is 1.46. The van der Waals surface area contributed by atoms with Gasteiger partial charge in [-0.05, 0) is 25.7 Å². The number of nitrogens with zero attached hydrogens (tertiary/aromatic N) is 2. The predicted octanol–water partition coefficient (Wildman–Crippen LogP) is 1.92. The molecule has 7 heteroatoms. The van der Waals surface area contributed by atoms with E-state index in [-0.39, 0.29) is 12.3 Å². The van der Waals surface area contributed by atoms with Crippen molar-refractivity contribution in [3.8, 4) is 0 Å². The number of aliphatic hydroxyl groups excluding tert-OH is 2. The number of aliphatic hydroxyl groups is 2. The van der Waals surface area contributed by atoms with Gasteiger partial charge in [0.1, 0.15) is 0 Å². The Morgan fingerprint density at radius 2 is 2.42 bits per heavy atom. The first kappa shape index (κ1) is 14.2. The maximum absolute atomic E-state index is 11.1. The first-order chi connectivity index (χ1) is 9.02. The molecule has 0 bridgehead atoms. The highest BCUT2D eigenvalue weighted by Gasteiger charge is 2.30. The Balaban J connectivity index is 2.21. The van der Waals surface area contributed by atoms with Gasteiger partial charge in [0.25, 0.3) is 0 Å². The van der Waals surface area contributed by atoms with Crippen LogP contribution in [0.4, 0.5) is 10.7 Å². The molecule has 1 saturated heterocycles. The Morgan fingerprint density at radius 1 is 1.68 bits per heavy atom. The summed E-state index contributed by atoms with van der Waals surface area (Å²) in [6.45, 7) is 3.27. The SMILES string of the molecule is CC(O)c1cc([N+](=O)[O-])c(N2CCC(CCO)C2)s1. The fourth-order valence-corrected chi connectivity index (χ4v) is 3.49. The van der Waals surface area contributed by atoms with Crippen LogP contribution in [0.3, 0.4) is 0 Å². The maximum atomic E-state index is 11.1. The molecule has 19 heavy (non-hydrogen) atoms. The molecule has 0 aromatic carbocycles. The van der Waals surface area contributed by atoms with E-state index in [4.69, 9.17) is 5.11 Å². The van der Waals surface area contributed by atoms with Gasteiger partial charge in [0.05, 0.1) is 11.0 Å². The second-order valence-electron chi connectivity index (χ2n) is 4.89. The lowest BCUT2D eigenvalue weighted by molar-refractivity contribution is -0.383. The zero-order valence-electron chi connectivity index (χ0n) is 10.8. The van der Waals surface area contributed by atoms with Crippen LogP contribution in [0.5, 0.6) is 0 Å². The number of rotatable bonds is 5. The average Bonchev–Trinajstić information content (AvgIpc) is 2.94. The Hall–Kier alpha value is -1.18. The van der Waals surface area contributed by atoms with Crippen LogP contribution in [0.25, 0.3) is 0 Å². The lowest BCUT2D eigenvalue weighted by Gasteiger charge is -2.15. The normalized spacial score (nSPS) is 20.8. The van der Waals surface area contributed by atoms with Crippen molar-refractivity contribution in [1.82, 2.24) is 0 Å². The number of anilines is 1. The van der Waals surface area contributed by atoms with E-state index in [2.05, 4.69) is 0 Å². The van der Waals surface area contributed by atoms with Gasteiger partial charge in [-0.15, -0.1) is 11.3 Å². The third-order valence-corrected chi connectivity index (χ3v) is 4.79. The quantitative estimate of drug-likeness (QED) is 0.638. The van der Waals surface area contributed by atoms with Crippen molar-refractivity contribution in [2.24, 2.45) is 5.92 Å². The molecule has 0 saturated carbocycles. The largest absolute Gasteiger partial charge is 0.396 e. The number of hydrogen-bond acceptors (Lipinski definition) is 6. The van der Waals surface area contributed by atoms with Gasteiger partial charge < -0.3 is 15.1 Å². The molecule has 106 valence electrons. The molecule has 1 aliphatic heterocycles. The third-order valence-electron chi connectivity index (χ3n) is 3.43. The van der Waals surface area contributed by atoms with Crippen molar-refractivity contribution < 1.29 is 15.1 Å². The summed E-state index contributed by atoms with van der Waals surface area (Å²) in [5.41, 5.74) is 0.0746. The molecular weight excluding hydrogens is 268 g/mol. The lowest BCUT2D eigenvalue weighted by Crippen LogP contribution is -2.19. The van der Waals surface area contributed by atoms with Gasteiger partial charge in [-0.25, -0.2) is 0 Å². The van der Waals surface area contributed by atoms with E-state index >= 15 is 0 Å². The lowest BCUT2D eigenvalue weighted by atomic mass is 10.1. The molecule has 1 aromatic heterocycles. The molecule has 2 heterocycles. The molecule has 2 unspecified atom stereocenters. The highest BCUT2D eigenvalue weighted by molar-refractivity contribution is 7.16. The summed E-state index contributed by atoms with van der Waals surface area (Å²) in [7, 11) is 0. The van der Waals surface area contributed by atoms with Crippen molar-refractivity contribution in [3.05, 3.63) is 21.1 Å². The fraction of sp³-hybridized carbons (Fsp3) is 0.667. The van der Waals surface area contributed by atoms with Crippen molar-refractivity contribution in [2.75, 3.05) is 24.6 Å². The van der Waals surface area contributed by atoms with Crippen LogP contribution in [0.2, 0.25) is 0 Å². The van der Waals surface area contributed by atoms with Crippen LogP contribution in [-0.2, 0) is 0 Å². The average molecular weight is 286 g/mol. The minimum Gasteiger partial charge on any atom is -0.396 e. The number of nitro groups is 1. The van der Waals surface area contributed by atoms with E-state index in [1.54, 1.807) is 6.92 Å². The van der Waals surface area contributed by atoms with Gasteiger partial charge in [0.2, 0.25) is 0 Å². The third kappa shape index (κ3) is 3.05. The predicted molar refractivity (Wildman–Crippen MR) is 73.6 cm³/mol. The molecule has 2 N–H and O–H groups in total. The van der Waals surface area contributed by atoms with Crippen LogP contribution in [0.15, 0.2) is 6.07 Å². The zero-order chi connectivity index (χ0) is 14.0. The number of thiophene rings is 1. The molecular formula is C12H18N2O4S. The molecule has 2 rings (SSSR count). The molecule has 6 nitrogen and oxygen atoms in total. The molecule has 1 aromatic rings. The number of hydrogen-bond donors (Lipinski definition) is 2. The summed E-state index contributed by atoms with van der Waals surface area (Å²) in [5.74, 6) is 0.390. The second kappa shape index (κ2) is 5.85. The monoisotopic (exact) mass is 286 g/mol. The molecule has 0 spiro atoms. The van der Waals surface area contributed by atoms with Gasteiger partial charge in [0, 0.05) is 30.6 Å². The highest BCUT2D eigenvalue weighted by Crippen LogP contribution is 2.42. The Labute approximate surface area is 115 Å². The Morgan fingerprint density at radius 3 is 3.00 bits per heavy atom. The van der Waals surface area contributed by atoms with Crippen LogP contribution >= 0.6 is 11.3 Å². The molecule has 0 amide bonds. The minimum absolute atomic E-state index is 0.0746. The molecule has 0 radical (unpaired) electrons. The molecule has 1 fully saturated rings. The van der Waals surface area contributed by atoms with Gasteiger partial charge in [-0.2, -0.15) is 0 Å². The van der Waals surface area contributed by atoms with Gasteiger partial charge in [-0.3, -0.25) is 10.1 Å². The zero-order valence-corrected chi connectivity index (χ0v) is 11.6. The van der Waals surface area contributed by atoms with Crippen LogP contribution in [-0.4, -0.2) is 34.8 Å². The summed E-state index contributed by atoms with van der Waals surface area (Å²) < 4.78 is 0. The van der Waals surface area contributed by atoms with Crippen molar-refractivity contribution in [3.63, 3.8) is 0 Å². The van der Waals surface area contributed by atoms with Crippen molar-refractivity contribution in [1.29, 1.82) is 0 Å². The van der Waals surface area contributed by atoms with E-state index in [1.807, 2.05) is 4.90 Å². The molecule has 1 aliphatic rings. The minimum atomic E-state index is -0.687. The molecule has 0 aliphatic carbocycles. The summed E-state index contributed by atoms with van der Waals surface area (Å²) in [4.78, 5) is 13.3. The van der Waals surface area contributed by atoms with Crippen molar-refractivity contribution >= 4 is 22.0 Å².